The minimum atomic E-state index is -0.985. The molecule has 0 spiro atoms. The molecule has 1 fully saturated rings. The molecule has 3 atom stereocenters. The molecule has 1 aliphatic heterocycles. The highest BCUT2D eigenvalue weighted by atomic mass is 16.6. The molecule has 2 amide bonds. The minimum Gasteiger partial charge on any atom is -0.443 e. The number of aliphatic hydroxyl groups excluding tert-OH is 1. The van der Waals surface area contributed by atoms with Crippen molar-refractivity contribution in [1.29, 1.82) is 0 Å². The second-order valence-electron chi connectivity index (χ2n) is 9.43. The van der Waals surface area contributed by atoms with Gasteiger partial charge in [0.25, 0.3) is 0 Å². The number of amides is 2. The third-order valence-electron chi connectivity index (χ3n) is 5.84. The lowest BCUT2D eigenvalue weighted by Crippen LogP contribution is -2.45. The highest BCUT2D eigenvalue weighted by molar-refractivity contribution is 5.96. The van der Waals surface area contributed by atoms with Crippen molar-refractivity contribution in [1.82, 2.24) is 4.90 Å². The molecule has 3 aromatic rings. The van der Waals surface area contributed by atoms with Gasteiger partial charge in [0.2, 0.25) is 5.91 Å². The Bertz CT molecular complexity index is 1120. The average Bonchev–Trinajstić information content (AvgIpc) is 2.97. The number of rotatable bonds is 4. The van der Waals surface area contributed by atoms with Gasteiger partial charge in [-0.1, -0.05) is 72.8 Å². The van der Waals surface area contributed by atoms with Gasteiger partial charge in [0.1, 0.15) is 5.60 Å². The number of imide groups is 1. The van der Waals surface area contributed by atoms with Gasteiger partial charge >= 0.3 is 6.09 Å². The van der Waals surface area contributed by atoms with Gasteiger partial charge < -0.3 is 9.84 Å². The maximum absolute atomic E-state index is 13.4. The number of hydrogen-bond acceptors (Lipinski definition) is 4. The fourth-order valence-electron chi connectivity index (χ4n) is 4.34. The Morgan fingerprint density at radius 3 is 2.25 bits per heavy atom. The smallest absolute Gasteiger partial charge is 0.417 e. The number of benzene rings is 3. The van der Waals surface area contributed by atoms with Crippen LogP contribution in [0.3, 0.4) is 0 Å². The summed E-state index contributed by atoms with van der Waals surface area (Å²) in [5.41, 5.74) is 1.16. The molecular formula is C27H29NO4. The van der Waals surface area contributed by atoms with E-state index in [0.717, 1.165) is 26.8 Å². The number of aliphatic hydroxyl groups is 1. The van der Waals surface area contributed by atoms with Crippen LogP contribution in [0.4, 0.5) is 4.79 Å². The van der Waals surface area contributed by atoms with Gasteiger partial charge in [0.05, 0.1) is 18.1 Å². The van der Waals surface area contributed by atoms with Crippen LogP contribution in [0.5, 0.6) is 0 Å². The van der Waals surface area contributed by atoms with E-state index in [1.807, 2.05) is 72.8 Å². The van der Waals surface area contributed by atoms with E-state index in [1.54, 1.807) is 20.8 Å². The van der Waals surface area contributed by atoms with Crippen LogP contribution in [-0.4, -0.2) is 39.8 Å². The van der Waals surface area contributed by atoms with Gasteiger partial charge in [-0.15, -0.1) is 0 Å². The summed E-state index contributed by atoms with van der Waals surface area (Å²) in [7, 11) is 0. The number of hydrogen-bond donors (Lipinski definition) is 1. The van der Waals surface area contributed by atoms with E-state index >= 15 is 0 Å². The van der Waals surface area contributed by atoms with Gasteiger partial charge in [-0.3, -0.25) is 4.79 Å². The first-order valence-electron chi connectivity index (χ1n) is 11.0. The topological polar surface area (TPSA) is 66.8 Å². The summed E-state index contributed by atoms with van der Waals surface area (Å²) in [5.74, 6) is -1.10. The maximum Gasteiger partial charge on any atom is 0.417 e. The van der Waals surface area contributed by atoms with E-state index in [4.69, 9.17) is 4.74 Å². The predicted octanol–water partition coefficient (Wildman–Crippen LogP) is 4.75. The number of likely N-dealkylation sites (tertiary alicyclic amines) is 1. The van der Waals surface area contributed by atoms with Crippen LogP contribution in [0.2, 0.25) is 0 Å². The second-order valence-corrected chi connectivity index (χ2v) is 9.43. The molecule has 0 radical (unpaired) electrons. The van der Waals surface area contributed by atoms with E-state index < -0.39 is 29.8 Å². The second kappa shape index (κ2) is 8.75. The monoisotopic (exact) mass is 431 g/mol. The van der Waals surface area contributed by atoms with Crippen molar-refractivity contribution in [2.75, 3.05) is 0 Å². The number of fused-ring (bicyclic) bond motifs is 1. The first kappa shape index (κ1) is 22.0. The number of ether oxygens (including phenoxy) is 1. The predicted molar refractivity (Wildman–Crippen MR) is 124 cm³/mol. The Balaban J connectivity index is 1.63. The molecule has 5 heteroatoms. The zero-order valence-corrected chi connectivity index (χ0v) is 18.7. The van der Waals surface area contributed by atoms with E-state index in [9.17, 15) is 14.7 Å². The molecule has 4 rings (SSSR count). The summed E-state index contributed by atoms with van der Waals surface area (Å²) in [6.45, 7) is 5.29. The molecule has 1 heterocycles. The standard InChI is InChI=1S/C27H29NO4/c1-27(2,3)32-26(31)28-23(17-18-9-5-4-6-10-18)24(29)22(25(28)30)16-19-13-14-20-11-7-8-12-21(20)15-19/h4-15,22-24,29H,16-17H2,1-3H3/t22-,23-,24+/m1/s1. The van der Waals surface area contributed by atoms with Crippen molar-refractivity contribution < 1.29 is 19.4 Å². The van der Waals surface area contributed by atoms with E-state index in [2.05, 4.69) is 0 Å². The zero-order valence-electron chi connectivity index (χ0n) is 18.7. The van der Waals surface area contributed by atoms with Crippen LogP contribution < -0.4 is 0 Å². The molecular weight excluding hydrogens is 402 g/mol. The summed E-state index contributed by atoms with van der Waals surface area (Å²) in [6, 6.07) is 23.0. The lowest BCUT2D eigenvalue weighted by atomic mass is 9.90. The van der Waals surface area contributed by atoms with Gasteiger partial charge in [-0.05, 0) is 55.5 Å². The van der Waals surface area contributed by atoms with Gasteiger partial charge in [0, 0.05) is 0 Å². The lowest BCUT2D eigenvalue weighted by Gasteiger charge is -2.28. The van der Waals surface area contributed by atoms with Gasteiger partial charge in [-0.25, -0.2) is 9.69 Å². The molecule has 0 unspecified atom stereocenters. The van der Waals surface area contributed by atoms with Crippen LogP contribution in [0.15, 0.2) is 72.8 Å². The normalized spacial score (nSPS) is 21.2. The highest BCUT2D eigenvalue weighted by Gasteiger charge is 2.51. The molecule has 1 saturated heterocycles. The van der Waals surface area contributed by atoms with E-state index in [1.165, 1.54) is 0 Å². The number of carbonyl (C=O) groups is 2. The molecule has 3 aromatic carbocycles. The first-order chi connectivity index (χ1) is 15.2. The quantitative estimate of drug-likeness (QED) is 0.648. The largest absolute Gasteiger partial charge is 0.443 e. The summed E-state index contributed by atoms with van der Waals surface area (Å²) in [5, 5.41) is 13.4. The molecule has 0 aromatic heterocycles. The Morgan fingerprint density at radius 1 is 0.906 bits per heavy atom. The molecule has 0 saturated carbocycles. The Morgan fingerprint density at radius 2 is 1.56 bits per heavy atom. The van der Waals surface area contributed by atoms with Gasteiger partial charge in [0.15, 0.2) is 0 Å². The maximum atomic E-state index is 13.4. The zero-order chi connectivity index (χ0) is 22.9. The SMILES string of the molecule is CC(C)(C)OC(=O)N1C(=O)[C@H](Cc2ccc3ccccc3c2)[C@H](O)[C@H]1Cc1ccccc1. The van der Waals surface area contributed by atoms with Crippen LogP contribution in [0.25, 0.3) is 10.8 Å². The first-order valence-corrected chi connectivity index (χ1v) is 11.0. The van der Waals surface area contributed by atoms with Crippen LogP contribution in [-0.2, 0) is 22.4 Å². The number of carbonyl (C=O) groups excluding carboxylic acids is 2. The fraction of sp³-hybridized carbons (Fsp3) is 0.333. The molecule has 0 bridgehead atoms. The molecule has 1 aliphatic rings. The van der Waals surface area contributed by atoms with Crippen LogP contribution in [0, 0.1) is 5.92 Å². The third-order valence-corrected chi connectivity index (χ3v) is 5.84. The third kappa shape index (κ3) is 4.68. The Hall–Kier alpha value is -3.18. The minimum absolute atomic E-state index is 0.357. The number of nitrogens with zero attached hydrogens (tertiary/aromatic N) is 1. The summed E-state index contributed by atoms with van der Waals surface area (Å²) >= 11 is 0. The summed E-state index contributed by atoms with van der Waals surface area (Å²) < 4.78 is 5.52. The van der Waals surface area contributed by atoms with Crippen LogP contribution in [0.1, 0.15) is 31.9 Å². The summed E-state index contributed by atoms with van der Waals surface area (Å²) in [4.78, 5) is 27.5. The molecule has 5 nitrogen and oxygen atoms in total. The van der Waals surface area contributed by atoms with Gasteiger partial charge in [-0.2, -0.15) is 0 Å². The Labute approximate surface area is 188 Å². The molecule has 32 heavy (non-hydrogen) atoms. The average molecular weight is 432 g/mol. The summed E-state index contributed by atoms with van der Waals surface area (Å²) in [6.07, 6.45) is -0.957. The van der Waals surface area contributed by atoms with Crippen molar-refractivity contribution in [2.45, 2.75) is 51.4 Å². The Kier molecular flexibility index (Phi) is 6.02. The molecule has 166 valence electrons. The van der Waals surface area contributed by atoms with Crippen molar-refractivity contribution in [2.24, 2.45) is 5.92 Å². The molecule has 1 N–H and O–H groups in total. The highest BCUT2D eigenvalue weighted by Crippen LogP contribution is 2.32. The fourth-order valence-corrected chi connectivity index (χ4v) is 4.34. The van der Waals surface area contributed by atoms with Crippen molar-refractivity contribution in [3.8, 4) is 0 Å². The van der Waals surface area contributed by atoms with Crippen molar-refractivity contribution in [3.05, 3.63) is 83.9 Å². The lowest BCUT2D eigenvalue weighted by molar-refractivity contribution is -0.131. The van der Waals surface area contributed by atoms with Crippen molar-refractivity contribution in [3.63, 3.8) is 0 Å². The van der Waals surface area contributed by atoms with E-state index in [0.29, 0.717) is 12.8 Å². The molecule has 0 aliphatic carbocycles. The van der Waals surface area contributed by atoms with Crippen molar-refractivity contribution >= 4 is 22.8 Å². The van der Waals surface area contributed by atoms with E-state index in [-0.39, 0.29) is 5.91 Å². The van der Waals surface area contributed by atoms with Crippen LogP contribution >= 0.6 is 0 Å².